The lowest BCUT2D eigenvalue weighted by Gasteiger charge is -2.22. The first-order valence-corrected chi connectivity index (χ1v) is 8.45. The predicted molar refractivity (Wildman–Crippen MR) is 88.9 cm³/mol. The third-order valence-corrected chi connectivity index (χ3v) is 3.32. The Labute approximate surface area is 136 Å². The number of esters is 1. The Bertz CT molecular complexity index is 520. The van der Waals surface area contributed by atoms with Crippen LogP contribution in [0, 0.1) is 5.92 Å². The third-order valence-electron chi connectivity index (χ3n) is 2.87. The van der Waals surface area contributed by atoms with E-state index in [2.05, 4.69) is 0 Å². The van der Waals surface area contributed by atoms with Gasteiger partial charge in [0.2, 0.25) is 0 Å². The Morgan fingerprint density at radius 2 is 1.86 bits per heavy atom. The second kappa shape index (κ2) is 8.22. The fourth-order valence-corrected chi connectivity index (χ4v) is 2.06. The average molecular weight is 324 g/mol. The van der Waals surface area contributed by atoms with Crippen molar-refractivity contribution in [2.75, 3.05) is 6.26 Å². The summed E-state index contributed by atoms with van der Waals surface area (Å²) < 4.78 is 10.5. The maximum atomic E-state index is 12.0. The van der Waals surface area contributed by atoms with Crippen molar-refractivity contribution < 1.29 is 19.1 Å². The van der Waals surface area contributed by atoms with Crippen molar-refractivity contribution in [1.29, 1.82) is 0 Å². The van der Waals surface area contributed by atoms with E-state index in [1.807, 2.05) is 52.0 Å². The summed E-state index contributed by atoms with van der Waals surface area (Å²) >= 11 is 1.05. The monoisotopic (exact) mass is 324 g/mol. The largest absolute Gasteiger partial charge is 0.460 e. The van der Waals surface area contributed by atoms with Gasteiger partial charge < -0.3 is 9.47 Å². The fourth-order valence-electron chi connectivity index (χ4n) is 1.89. The molecule has 1 aromatic rings. The second-order valence-corrected chi connectivity index (χ2v) is 6.94. The zero-order chi connectivity index (χ0) is 16.8. The fraction of sp³-hybridized carbons (Fsp3) is 0.529. The Morgan fingerprint density at radius 1 is 1.23 bits per heavy atom. The van der Waals surface area contributed by atoms with Gasteiger partial charge in [-0.15, -0.1) is 0 Å². The van der Waals surface area contributed by atoms with Crippen LogP contribution in [0.2, 0.25) is 0 Å². The molecule has 0 aromatic heterocycles. The van der Waals surface area contributed by atoms with Gasteiger partial charge in [-0.1, -0.05) is 31.2 Å². The van der Waals surface area contributed by atoms with Gasteiger partial charge in [0.05, 0.1) is 5.92 Å². The highest BCUT2D eigenvalue weighted by Crippen LogP contribution is 2.17. The molecule has 5 heteroatoms. The number of carbonyl (C=O) groups is 2. The number of rotatable bonds is 5. The molecule has 0 saturated heterocycles. The molecule has 0 bridgehead atoms. The van der Waals surface area contributed by atoms with Gasteiger partial charge >= 0.3 is 11.3 Å². The Hall–Kier alpha value is -1.49. The van der Waals surface area contributed by atoms with Crippen LogP contribution in [-0.4, -0.2) is 23.1 Å². The van der Waals surface area contributed by atoms with Gasteiger partial charge in [-0.25, -0.2) is 4.79 Å². The van der Waals surface area contributed by atoms with Crippen LogP contribution < -0.4 is 0 Å². The van der Waals surface area contributed by atoms with Gasteiger partial charge in [0.1, 0.15) is 12.2 Å². The zero-order valence-corrected chi connectivity index (χ0v) is 14.7. The molecule has 0 saturated carbocycles. The van der Waals surface area contributed by atoms with Crippen LogP contribution in [0.15, 0.2) is 24.3 Å². The Morgan fingerprint density at radius 3 is 2.45 bits per heavy atom. The van der Waals surface area contributed by atoms with E-state index in [0.29, 0.717) is 6.42 Å². The first-order valence-electron chi connectivity index (χ1n) is 7.22. The first kappa shape index (κ1) is 18.6. The minimum absolute atomic E-state index is 0.202. The number of ether oxygens (including phenoxy) is 2. The van der Waals surface area contributed by atoms with Crippen molar-refractivity contribution in [3.05, 3.63) is 35.4 Å². The minimum Gasteiger partial charge on any atom is -0.460 e. The maximum Gasteiger partial charge on any atom is 0.367 e. The molecule has 4 nitrogen and oxygen atoms in total. The summed E-state index contributed by atoms with van der Waals surface area (Å²) in [6.45, 7) is 7.68. The molecule has 0 radical (unpaired) electrons. The third kappa shape index (κ3) is 6.98. The summed E-state index contributed by atoms with van der Waals surface area (Å²) in [7, 11) is 0. The summed E-state index contributed by atoms with van der Waals surface area (Å²) in [4.78, 5) is 23.2. The molecule has 0 heterocycles. The number of benzene rings is 1. The van der Waals surface area contributed by atoms with E-state index in [4.69, 9.17) is 9.47 Å². The predicted octanol–water partition coefficient (Wildman–Crippen LogP) is 4.21. The molecule has 0 aliphatic rings. The molecular formula is C17H24O4S. The summed E-state index contributed by atoms with van der Waals surface area (Å²) in [6, 6.07) is 7.71. The number of carbonyl (C=O) groups excluding carboxylic acids is 2. The molecule has 0 amide bonds. The molecule has 0 aliphatic heterocycles. The Kier molecular flexibility index (Phi) is 6.94. The highest BCUT2D eigenvalue weighted by molar-refractivity contribution is 8.12. The van der Waals surface area contributed by atoms with Crippen LogP contribution >= 0.6 is 11.8 Å². The quantitative estimate of drug-likeness (QED) is 0.760. The zero-order valence-electron chi connectivity index (χ0n) is 13.8. The van der Waals surface area contributed by atoms with E-state index in [9.17, 15) is 9.59 Å². The van der Waals surface area contributed by atoms with Crippen molar-refractivity contribution in [2.45, 2.75) is 46.3 Å². The molecular weight excluding hydrogens is 300 g/mol. The maximum absolute atomic E-state index is 12.0. The molecule has 0 N–H and O–H groups in total. The molecule has 0 fully saturated rings. The van der Waals surface area contributed by atoms with Crippen molar-refractivity contribution in [2.24, 2.45) is 5.92 Å². The van der Waals surface area contributed by atoms with Crippen LogP contribution in [-0.2, 0) is 27.3 Å². The molecule has 1 atom stereocenters. The van der Waals surface area contributed by atoms with Gasteiger partial charge in [-0.3, -0.25) is 4.79 Å². The molecule has 1 aromatic carbocycles. The van der Waals surface area contributed by atoms with Crippen LogP contribution in [0.25, 0.3) is 0 Å². The number of hydrogen-bond donors (Lipinski definition) is 0. The average Bonchev–Trinajstić information content (AvgIpc) is 2.43. The van der Waals surface area contributed by atoms with Gasteiger partial charge in [0.25, 0.3) is 0 Å². The summed E-state index contributed by atoms with van der Waals surface area (Å²) in [5.41, 5.74) is 1.46. The van der Waals surface area contributed by atoms with Crippen LogP contribution in [0.4, 0.5) is 4.79 Å². The number of thioether (sulfide) groups is 1. The van der Waals surface area contributed by atoms with Crippen LogP contribution in [0.5, 0.6) is 0 Å². The number of hydrogen-bond acceptors (Lipinski definition) is 5. The van der Waals surface area contributed by atoms with Crippen molar-refractivity contribution in [3.8, 4) is 0 Å². The lowest BCUT2D eigenvalue weighted by Crippen LogP contribution is -2.28. The first-order chi connectivity index (χ1) is 10.2. The van der Waals surface area contributed by atoms with E-state index in [0.717, 1.165) is 22.9 Å². The molecule has 22 heavy (non-hydrogen) atoms. The van der Waals surface area contributed by atoms with E-state index < -0.39 is 5.60 Å². The highest BCUT2D eigenvalue weighted by Gasteiger charge is 2.21. The Balaban J connectivity index is 2.62. The van der Waals surface area contributed by atoms with Crippen molar-refractivity contribution in [1.82, 2.24) is 0 Å². The second-order valence-electron chi connectivity index (χ2n) is 6.20. The van der Waals surface area contributed by atoms with Crippen molar-refractivity contribution in [3.63, 3.8) is 0 Å². The van der Waals surface area contributed by atoms with Gasteiger partial charge in [-0.2, -0.15) is 0 Å². The van der Waals surface area contributed by atoms with Crippen molar-refractivity contribution >= 4 is 23.0 Å². The lowest BCUT2D eigenvalue weighted by atomic mass is 9.99. The smallest absolute Gasteiger partial charge is 0.367 e. The molecule has 0 aliphatic carbocycles. The summed E-state index contributed by atoms with van der Waals surface area (Å²) in [5.74, 6) is -0.421. The molecule has 1 rings (SSSR count). The van der Waals surface area contributed by atoms with E-state index in [-0.39, 0.29) is 23.8 Å². The highest BCUT2D eigenvalue weighted by atomic mass is 32.2. The molecule has 1 unspecified atom stereocenters. The normalized spacial score (nSPS) is 12.6. The van der Waals surface area contributed by atoms with E-state index in [1.165, 1.54) is 0 Å². The SMILES string of the molecule is CSC(=O)OCc1cccc(CC(C)C(=O)OC(C)(C)C)c1. The standard InChI is InChI=1S/C17H24O4S/c1-12(15(18)21-17(2,3)4)9-13-7-6-8-14(10-13)11-20-16(19)22-5/h6-8,10,12H,9,11H2,1-5H3. The summed E-state index contributed by atoms with van der Waals surface area (Å²) in [5, 5.41) is -0.299. The van der Waals surface area contributed by atoms with Crippen LogP contribution in [0.3, 0.4) is 0 Å². The molecule has 0 spiro atoms. The van der Waals surface area contributed by atoms with Gasteiger partial charge in [-0.05, 0) is 56.3 Å². The lowest BCUT2D eigenvalue weighted by molar-refractivity contribution is -0.159. The van der Waals surface area contributed by atoms with Gasteiger partial charge in [0.15, 0.2) is 0 Å². The van der Waals surface area contributed by atoms with Crippen LogP contribution in [0.1, 0.15) is 38.8 Å². The van der Waals surface area contributed by atoms with Gasteiger partial charge in [0, 0.05) is 0 Å². The minimum atomic E-state index is -0.473. The summed E-state index contributed by atoms with van der Waals surface area (Å²) in [6.07, 6.45) is 2.28. The topological polar surface area (TPSA) is 52.6 Å². The van der Waals surface area contributed by atoms with E-state index >= 15 is 0 Å². The van der Waals surface area contributed by atoms with E-state index in [1.54, 1.807) is 6.26 Å². The molecule has 122 valence electrons.